The number of rotatable bonds is 6. The summed E-state index contributed by atoms with van der Waals surface area (Å²) in [6.45, 7) is 9.55. The van der Waals surface area contributed by atoms with Crippen LogP contribution in [0.3, 0.4) is 0 Å². The van der Waals surface area contributed by atoms with Crippen LogP contribution in [0.2, 0.25) is 0 Å². The molecule has 150 valence electrons. The molecule has 27 heavy (non-hydrogen) atoms. The minimum Gasteiger partial charge on any atom is -0.460 e. The van der Waals surface area contributed by atoms with Crippen molar-refractivity contribution in [2.24, 2.45) is 0 Å². The Kier molecular flexibility index (Phi) is 6.57. The monoisotopic (exact) mass is 379 g/mol. The van der Waals surface area contributed by atoms with Crippen molar-refractivity contribution in [2.45, 2.75) is 65.4 Å². The molecule has 7 nitrogen and oxygen atoms in total. The van der Waals surface area contributed by atoms with Gasteiger partial charge in [-0.1, -0.05) is 13.0 Å². The van der Waals surface area contributed by atoms with E-state index < -0.39 is 17.9 Å². The Morgan fingerprint density at radius 3 is 2.44 bits per heavy atom. The van der Waals surface area contributed by atoms with E-state index in [0.29, 0.717) is 17.9 Å². The molecule has 0 spiro atoms. The Hall–Kier alpha value is -2.44. The summed E-state index contributed by atoms with van der Waals surface area (Å²) in [6.07, 6.45) is -0.0122. The Bertz CT molecular complexity index is 682. The van der Waals surface area contributed by atoms with E-state index in [2.05, 4.69) is 0 Å². The number of likely N-dealkylation sites (N-methyl/N-ethyl adjacent to an activating group) is 1. The molecule has 2 unspecified atom stereocenters. The van der Waals surface area contributed by atoms with E-state index in [0.717, 1.165) is 12.0 Å². The number of fused-ring (bicyclic) bond motifs is 1. The predicted octanol–water partition coefficient (Wildman–Crippen LogP) is 3.54. The molecule has 1 aromatic carbocycles. The Morgan fingerprint density at radius 1 is 1.19 bits per heavy atom. The zero-order chi connectivity index (χ0) is 20.2. The number of benzene rings is 1. The number of carbonyl (C=O) groups is 2. The first-order valence-corrected chi connectivity index (χ1v) is 9.23. The summed E-state index contributed by atoms with van der Waals surface area (Å²) in [5.41, 5.74) is 0.439. The quantitative estimate of drug-likeness (QED) is 0.704. The highest BCUT2D eigenvalue weighted by molar-refractivity contribution is 5.75. The van der Waals surface area contributed by atoms with Crippen LogP contribution in [0.1, 0.15) is 46.6 Å². The lowest BCUT2D eigenvalue weighted by molar-refractivity contribution is -0.161. The minimum absolute atomic E-state index is 0.0268. The zero-order valence-electron chi connectivity index (χ0n) is 16.9. The summed E-state index contributed by atoms with van der Waals surface area (Å²) in [5.74, 6) is 0.456. The summed E-state index contributed by atoms with van der Waals surface area (Å²) in [7, 11) is 1.74. The molecule has 0 aliphatic carbocycles. The summed E-state index contributed by atoms with van der Waals surface area (Å²) in [4.78, 5) is 25.7. The second-order valence-electron chi connectivity index (χ2n) is 7.46. The van der Waals surface area contributed by atoms with Gasteiger partial charge in [-0.05, 0) is 58.2 Å². The molecule has 1 heterocycles. The van der Waals surface area contributed by atoms with Gasteiger partial charge in [0.25, 0.3) is 0 Å². The molecule has 1 aliphatic rings. The van der Waals surface area contributed by atoms with Gasteiger partial charge in [0, 0.05) is 13.1 Å². The predicted molar refractivity (Wildman–Crippen MR) is 99.9 cm³/mol. The number of ether oxygens (including phenoxy) is 4. The molecular weight excluding hydrogens is 350 g/mol. The van der Waals surface area contributed by atoms with Gasteiger partial charge in [-0.15, -0.1) is 0 Å². The third-order valence-electron chi connectivity index (χ3n) is 4.13. The molecular formula is C20H29NO6. The van der Waals surface area contributed by atoms with Crippen LogP contribution < -0.4 is 9.47 Å². The first-order valence-electron chi connectivity index (χ1n) is 9.23. The molecule has 0 bridgehead atoms. The third-order valence-corrected chi connectivity index (χ3v) is 4.13. The van der Waals surface area contributed by atoms with Gasteiger partial charge in [-0.3, -0.25) is 0 Å². The van der Waals surface area contributed by atoms with Crippen LogP contribution >= 0.6 is 0 Å². The third kappa shape index (κ3) is 5.52. The van der Waals surface area contributed by atoms with Crippen LogP contribution in [-0.2, 0) is 20.7 Å². The normalized spacial score (nSPS) is 16.6. The van der Waals surface area contributed by atoms with Gasteiger partial charge in [0.1, 0.15) is 5.60 Å². The second kappa shape index (κ2) is 8.50. The maximum absolute atomic E-state index is 12.3. The van der Waals surface area contributed by atoms with Crippen LogP contribution in [0.4, 0.5) is 4.79 Å². The lowest BCUT2D eigenvalue weighted by Crippen LogP contribution is -2.41. The smallest absolute Gasteiger partial charge is 0.410 e. The fraction of sp³-hybridized carbons (Fsp3) is 0.600. The molecule has 1 aromatic rings. The summed E-state index contributed by atoms with van der Waals surface area (Å²) >= 11 is 0. The van der Waals surface area contributed by atoms with Crippen molar-refractivity contribution in [2.75, 3.05) is 13.7 Å². The number of amides is 1. The Balaban J connectivity index is 2.04. The highest BCUT2D eigenvalue weighted by atomic mass is 16.7. The second-order valence-corrected chi connectivity index (χ2v) is 7.46. The maximum atomic E-state index is 12.3. The number of nitrogens with zero attached hydrogens (tertiary/aromatic N) is 1. The highest BCUT2D eigenvalue weighted by Crippen LogP contribution is 2.36. The SMILES string of the molecule is CCOC(=O)C1Oc2ccc(CC(CC)N(C)C(=O)OC(C)(C)C)cc2O1. The number of hydrogen-bond acceptors (Lipinski definition) is 6. The Labute approximate surface area is 160 Å². The standard InChI is InChI=1S/C20H29NO6/c1-7-14(21(6)19(23)27-20(3,4)5)11-13-9-10-15-16(12-13)26-18(25-15)17(22)24-8-2/h9-10,12,14,18H,7-8,11H2,1-6H3. The molecule has 7 heteroatoms. The lowest BCUT2D eigenvalue weighted by Gasteiger charge is -2.30. The molecule has 1 amide bonds. The van der Waals surface area contributed by atoms with E-state index in [4.69, 9.17) is 18.9 Å². The molecule has 1 aliphatic heterocycles. The molecule has 2 atom stereocenters. The van der Waals surface area contributed by atoms with Crippen molar-refractivity contribution in [3.8, 4) is 11.5 Å². The van der Waals surface area contributed by atoms with Crippen molar-refractivity contribution in [1.82, 2.24) is 4.90 Å². The molecule has 0 N–H and O–H groups in total. The van der Waals surface area contributed by atoms with Crippen molar-refractivity contribution >= 4 is 12.1 Å². The van der Waals surface area contributed by atoms with Gasteiger partial charge < -0.3 is 23.8 Å². The average molecular weight is 379 g/mol. The zero-order valence-corrected chi connectivity index (χ0v) is 16.9. The van der Waals surface area contributed by atoms with Gasteiger partial charge in [0.05, 0.1) is 6.61 Å². The van der Waals surface area contributed by atoms with Crippen molar-refractivity contribution in [1.29, 1.82) is 0 Å². The molecule has 0 saturated carbocycles. The number of carbonyl (C=O) groups excluding carboxylic acids is 2. The highest BCUT2D eigenvalue weighted by Gasteiger charge is 2.32. The first-order chi connectivity index (χ1) is 12.6. The lowest BCUT2D eigenvalue weighted by atomic mass is 10.0. The summed E-state index contributed by atoms with van der Waals surface area (Å²) < 4.78 is 21.4. The van der Waals surface area contributed by atoms with E-state index >= 15 is 0 Å². The molecule has 0 fully saturated rings. The topological polar surface area (TPSA) is 74.3 Å². The average Bonchev–Trinajstić information content (AvgIpc) is 3.01. The Morgan fingerprint density at radius 2 is 1.85 bits per heavy atom. The van der Waals surface area contributed by atoms with E-state index in [1.165, 1.54) is 0 Å². The van der Waals surface area contributed by atoms with Crippen LogP contribution in [0.5, 0.6) is 11.5 Å². The van der Waals surface area contributed by atoms with E-state index in [1.54, 1.807) is 24.9 Å². The van der Waals surface area contributed by atoms with Crippen molar-refractivity contribution in [3.05, 3.63) is 23.8 Å². The largest absolute Gasteiger partial charge is 0.460 e. The van der Waals surface area contributed by atoms with E-state index in [-0.39, 0.29) is 18.7 Å². The van der Waals surface area contributed by atoms with Gasteiger partial charge in [0.2, 0.25) is 0 Å². The van der Waals surface area contributed by atoms with Crippen LogP contribution in [0.25, 0.3) is 0 Å². The molecule has 2 rings (SSSR count). The molecule has 0 radical (unpaired) electrons. The fourth-order valence-corrected chi connectivity index (χ4v) is 2.74. The van der Waals surface area contributed by atoms with Gasteiger partial charge in [-0.2, -0.15) is 0 Å². The van der Waals surface area contributed by atoms with E-state index in [1.807, 2.05) is 39.8 Å². The number of esters is 1. The van der Waals surface area contributed by atoms with Crippen LogP contribution in [-0.4, -0.2) is 48.5 Å². The van der Waals surface area contributed by atoms with Crippen LogP contribution in [0, 0.1) is 0 Å². The van der Waals surface area contributed by atoms with Crippen molar-refractivity contribution in [3.63, 3.8) is 0 Å². The van der Waals surface area contributed by atoms with E-state index in [9.17, 15) is 9.59 Å². The minimum atomic E-state index is -1.07. The summed E-state index contributed by atoms with van der Waals surface area (Å²) in [5, 5.41) is 0. The van der Waals surface area contributed by atoms with Gasteiger partial charge in [0.15, 0.2) is 11.5 Å². The first kappa shape index (κ1) is 20.9. The molecule has 0 aromatic heterocycles. The fourth-order valence-electron chi connectivity index (χ4n) is 2.74. The molecule has 0 saturated heterocycles. The van der Waals surface area contributed by atoms with Gasteiger partial charge >= 0.3 is 18.4 Å². The van der Waals surface area contributed by atoms with Gasteiger partial charge in [-0.25, -0.2) is 9.59 Å². The number of hydrogen-bond donors (Lipinski definition) is 0. The maximum Gasteiger partial charge on any atom is 0.410 e. The van der Waals surface area contributed by atoms with Crippen LogP contribution in [0.15, 0.2) is 18.2 Å². The van der Waals surface area contributed by atoms with Crippen molar-refractivity contribution < 1.29 is 28.5 Å². The summed E-state index contributed by atoms with van der Waals surface area (Å²) in [6, 6.07) is 5.48.